The van der Waals surface area contributed by atoms with Gasteiger partial charge in [0.1, 0.15) is 0 Å². The van der Waals surface area contributed by atoms with E-state index in [2.05, 4.69) is 10.2 Å². The number of piperidine rings is 1. The van der Waals surface area contributed by atoms with Crippen molar-refractivity contribution in [3.05, 3.63) is 0 Å². The van der Waals surface area contributed by atoms with Crippen LogP contribution < -0.4 is 5.32 Å². The van der Waals surface area contributed by atoms with Crippen molar-refractivity contribution in [1.82, 2.24) is 10.2 Å². The first-order valence-electron chi connectivity index (χ1n) is 7.33. The van der Waals surface area contributed by atoms with E-state index >= 15 is 0 Å². The number of aliphatic hydroxyl groups excluding tert-OH is 1. The fourth-order valence-electron chi connectivity index (χ4n) is 3.37. The van der Waals surface area contributed by atoms with Crippen LogP contribution in [0, 0.1) is 5.92 Å². The Balaban J connectivity index is 1.77. The van der Waals surface area contributed by atoms with Gasteiger partial charge in [-0.2, -0.15) is 0 Å². The lowest BCUT2D eigenvalue weighted by atomic mass is 9.87. The van der Waals surface area contributed by atoms with Crippen LogP contribution in [0.4, 0.5) is 0 Å². The maximum atomic E-state index is 11.4. The van der Waals surface area contributed by atoms with E-state index in [4.69, 9.17) is 0 Å². The topological polar surface area (TPSA) is 52.6 Å². The summed E-state index contributed by atoms with van der Waals surface area (Å²) in [6.07, 6.45) is 7.24. The number of carbonyl (C=O) groups is 1. The van der Waals surface area contributed by atoms with Crippen LogP contribution >= 0.6 is 0 Å². The van der Waals surface area contributed by atoms with E-state index in [1.54, 1.807) is 7.05 Å². The molecular weight excluding hydrogens is 228 g/mol. The summed E-state index contributed by atoms with van der Waals surface area (Å²) in [5, 5.41) is 12.8. The van der Waals surface area contributed by atoms with Crippen molar-refractivity contribution in [3.8, 4) is 0 Å². The molecule has 1 amide bonds. The smallest absolute Gasteiger partial charge is 0.220 e. The Morgan fingerprint density at radius 3 is 2.50 bits per heavy atom. The molecule has 0 radical (unpaired) electrons. The predicted molar refractivity (Wildman–Crippen MR) is 71.2 cm³/mol. The van der Waals surface area contributed by atoms with Crippen molar-refractivity contribution in [1.29, 1.82) is 0 Å². The van der Waals surface area contributed by atoms with Crippen molar-refractivity contribution in [2.45, 2.75) is 57.1 Å². The Bertz CT molecular complexity index is 275. The van der Waals surface area contributed by atoms with Gasteiger partial charge in [-0.05, 0) is 44.7 Å². The number of rotatable bonds is 3. The summed E-state index contributed by atoms with van der Waals surface area (Å²) in [5.41, 5.74) is 0. The molecule has 2 unspecified atom stereocenters. The highest BCUT2D eigenvalue weighted by atomic mass is 16.3. The minimum atomic E-state index is -0.130. The zero-order valence-corrected chi connectivity index (χ0v) is 11.4. The highest BCUT2D eigenvalue weighted by molar-refractivity contribution is 5.75. The first-order chi connectivity index (χ1) is 8.70. The van der Waals surface area contributed by atoms with Gasteiger partial charge >= 0.3 is 0 Å². The summed E-state index contributed by atoms with van der Waals surface area (Å²) in [6.45, 7) is 2.09. The molecule has 2 atom stereocenters. The normalized spacial score (nSPS) is 31.2. The Morgan fingerprint density at radius 2 is 1.89 bits per heavy atom. The molecule has 0 aromatic carbocycles. The molecule has 1 heterocycles. The van der Waals surface area contributed by atoms with Gasteiger partial charge in [-0.25, -0.2) is 0 Å². The molecule has 2 aliphatic rings. The highest BCUT2D eigenvalue weighted by Crippen LogP contribution is 2.28. The van der Waals surface area contributed by atoms with Gasteiger partial charge in [0.2, 0.25) is 5.91 Å². The number of hydrogen-bond acceptors (Lipinski definition) is 3. The summed E-state index contributed by atoms with van der Waals surface area (Å²) in [6, 6.07) is 0.375. The third kappa shape index (κ3) is 3.45. The molecule has 0 bridgehead atoms. The maximum Gasteiger partial charge on any atom is 0.220 e. The second kappa shape index (κ2) is 6.53. The van der Waals surface area contributed by atoms with Crippen molar-refractivity contribution in [3.63, 3.8) is 0 Å². The number of aliphatic hydroxyl groups is 1. The zero-order valence-electron chi connectivity index (χ0n) is 11.4. The molecule has 1 aliphatic carbocycles. The molecule has 2 fully saturated rings. The largest absolute Gasteiger partial charge is 0.391 e. The van der Waals surface area contributed by atoms with Crippen LogP contribution in [0.3, 0.4) is 0 Å². The van der Waals surface area contributed by atoms with Crippen molar-refractivity contribution in [2.75, 3.05) is 20.1 Å². The molecule has 4 nitrogen and oxygen atoms in total. The zero-order chi connectivity index (χ0) is 13.0. The first-order valence-corrected chi connectivity index (χ1v) is 7.33. The number of carbonyl (C=O) groups excluding carboxylic acids is 1. The third-order valence-electron chi connectivity index (χ3n) is 4.56. The third-order valence-corrected chi connectivity index (χ3v) is 4.56. The summed E-state index contributed by atoms with van der Waals surface area (Å²) in [7, 11) is 1.70. The lowest BCUT2D eigenvalue weighted by Crippen LogP contribution is -2.49. The average Bonchev–Trinajstić information content (AvgIpc) is 2.40. The number of nitrogens with one attached hydrogen (secondary N) is 1. The van der Waals surface area contributed by atoms with Crippen LogP contribution in [0.2, 0.25) is 0 Å². The van der Waals surface area contributed by atoms with Gasteiger partial charge < -0.3 is 10.4 Å². The summed E-state index contributed by atoms with van der Waals surface area (Å²) >= 11 is 0. The van der Waals surface area contributed by atoms with E-state index < -0.39 is 0 Å². The minimum Gasteiger partial charge on any atom is -0.391 e. The Morgan fingerprint density at radius 1 is 1.22 bits per heavy atom. The van der Waals surface area contributed by atoms with Crippen molar-refractivity contribution >= 4 is 5.91 Å². The molecule has 2 N–H and O–H groups in total. The quantitative estimate of drug-likeness (QED) is 0.794. The maximum absolute atomic E-state index is 11.4. The van der Waals surface area contributed by atoms with Gasteiger partial charge in [0.15, 0.2) is 0 Å². The second-order valence-electron chi connectivity index (χ2n) is 5.78. The van der Waals surface area contributed by atoms with Crippen LogP contribution in [0.5, 0.6) is 0 Å². The molecule has 1 saturated carbocycles. The molecule has 4 heteroatoms. The van der Waals surface area contributed by atoms with Crippen LogP contribution in [-0.4, -0.2) is 48.2 Å². The van der Waals surface area contributed by atoms with Crippen LogP contribution in [-0.2, 0) is 4.79 Å². The minimum absolute atomic E-state index is 0.130. The standard InChI is InChI=1S/C14H26N2O2/c1-15-14(18)10-11-6-8-16(9-7-11)12-4-2-3-5-13(12)17/h11-13,17H,2-10H2,1H3,(H,15,18). The molecule has 104 valence electrons. The summed E-state index contributed by atoms with van der Waals surface area (Å²) < 4.78 is 0. The van der Waals surface area contributed by atoms with Gasteiger partial charge in [0, 0.05) is 19.5 Å². The van der Waals surface area contributed by atoms with Gasteiger partial charge in [-0.1, -0.05) is 12.8 Å². The lowest BCUT2D eigenvalue weighted by molar-refractivity contribution is -0.122. The van der Waals surface area contributed by atoms with Crippen molar-refractivity contribution in [2.24, 2.45) is 5.92 Å². The molecule has 0 spiro atoms. The molecule has 2 rings (SSSR count). The fraction of sp³-hybridized carbons (Fsp3) is 0.929. The fourth-order valence-corrected chi connectivity index (χ4v) is 3.37. The van der Waals surface area contributed by atoms with Crippen LogP contribution in [0.15, 0.2) is 0 Å². The number of likely N-dealkylation sites (tertiary alicyclic amines) is 1. The SMILES string of the molecule is CNC(=O)CC1CCN(C2CCCCC2O)CC1. The molecule has 1 saturated heterocycles. The molecule has 18 heavy (non-hydrogen) atoms. The van der Waals surface area contributed by atoms with Gasteiger partial charge in [-0.3, -0.25) is 9.69 Å². The summed E-state index contributed by atoms with van der Waals surface area (Å²) in [4.78, 5) is 13.8. The highest BCUT2D eigenvalue weighted by Gasteiger charge is 2.31. The molecule has 0 aromatic rings. The second-order valence-corrected chi connectivity index (χ2v) is 5.78. The number of amides is 1. The van der Waals surface area contributed by atoms with Crippen LogP contribution in [0.1, 0.15) is 44.9 Å². The molecular formula is C14H26N2O2. The Kier molecular flexibility index (Phi) is 5.01. The molecule has 0 aromatic heterocycles. The van der Waals surface area contributed by atoms with E-state index in [0.29, 0.717) is 18.4 Å². The van der Waals surface area contributed by atoms with E-state index in [-0.39, 0.29) is 12.0 Å². The monoisotopic (exact) mass is 254 g/mol. The Hall–Kier alpha value is -0.610. The van der Waals surface area contributed by atoms with Gasteiger partial charge in [-0.15, -0.1) is 0 Å². The lowest BCUT2D eigenvalue weighted by Gasteiger charge is -2.41. The van der Waals surface area contributed by atoms with Crippen molar-refractivity contribution < 1.29 is 9.90 Å². The number of nitrogens with zero attached hydrogens (tertiary/aromatic N) is 1. The van der Waals surface area contributed by atoms with E-state index in [0.717, 1.165) is 38.8 Å². The van der Waals surface area contributed by atoms with E-state index in [1.807, 2.05) is 0 Å². The predicted octanol–water partition coefficient (Wildman–Crippen LogP) is 1.14. The van der Waals surface area contributed by atoms with E-state index in [1.165, 1.54) is 12.8 Å². The average molecular weight is 254 g/mol. The first kappa shape index (κ1) is 13.8. The molecule has 1 aliphatic heterocycles. The number of hydrogen-bond donors (Lipinski definition) is 2. The van der Waals surface area contributed by atoms with E-state index in [9.17, 15) is 9.90 Å². The van der Waals surface area contributed by atoms with Gasteiger partial charge in [0.25, 0.3) is 0 Å². The Labute approximate surface area is 110 Å². The summed E-state index contributed by atoms with van der Waals surface area (Å²) in [5.74, 6) is 0.688. The van der Waals surface area contributed by atoms with Gasteiger partial charge in [0.05, 0.1) is 6.10 Å². The van der Waals surface area contributed by atoms with Crippen LogP contribution in [0.25, 0.3) is 0 Å².